The number of alkyl halides is 2. The molecule has 0 N–H and O–H groups in total. The maximum Gasteiger partial charge on any atom is 0.387 e. The van der Waals surface area contributed by atoms with E-state index in [2.05, 4.69) is 15.0 Å². The Balaban J connectivity index is 1.93. The van der Waals surface area contributed by atoms with Crippen molar-refractivity contribution in [2.24, 2.45) is 5.16 Å². The molecular formula is C18H16F2N2O6S. The minimum atomic E-state index is -3.76. The monoisotopic (exact) mass is 426 g/mol. The van der Waals surface area contributed by atoms with Crippen molar-refractivity contribution in [2.75, 3.05) is 12.9 Å². The molecule has 1 aromatic heterocycles. The molecule has 11 heteroatoms. The molecule has 29 heavy (non-hydrogen) atoms. The molecule has 0 radical (unpaired) electrons. The second-order valence-electron chi connectivity index (χ2n) is 6.69. The highest BCUT2D eigenvalue weighted by atomic mass is 32.2. The number of ketones is 1. The topological polar surface area (TPSA) is 108 Å². The molecule has 1 aliphatic heterocycles. The first-order chi connectivity index (χ1) is 13.8. The first-order valence-corrected chi connectivity index (χ1v) is 10.4. The Morgan fingerprint density at radius 2 is 2.07 bits per heavy atom. The number of carbonyl (C=O) groups is 1. The van der Waals surface area contributed by atoms with Gasteiger partial charge >= 0.3 is 6.61 Å². The third-order valence-corrected chi connectivity index (χ3v) is 6.55. The van der Waals surface area contributed by atoms with Crippen molar-refractivity contribution in [1.82, 2.24) is 5.16 Å². The van der Waals surface area contributed by atoms with Gasteiger partial charge in [-0.15, -0.1) is 0 Å². The molecule has 1 aromatic carbocycles. The zero-order valence-corrected chi connectivity index (χ0v) is 16.0. The Hall–Kier alpha value is -2.82. The Bertz CT molecular complexity index is 1110. The van der Waals surface area contributed by atoms with Crippen molar-refractivity contribution < 1.29 is 36.1 Å². The van der Waals surface area contributed by atoms with E-state index in [1.54, 1.807) is 0 Å². The molecule has 154 valence electrons. The van der Waals surface area contributed by atoms with E-state index in [1.165, 1.54) is 19.4 Å². The summed E-state index contributed by atoms with van der Waals surface area (Å²) in [6.07, 6.45) is 2.83. The zero-order valence-electron chi connectivity index (χ0n) is 15.2. The number of carbonyl (C=O) groups excluding carboxylic acids is 1. The predicted octanol–water partition coefficient (Wildman–Crippen LogP) is 2.91. The van der Waals surface area contributed by atoms with Gasteiger partial charge in [-0.2, -0.15) is 8.78 Å². The lowest BCUT2D eigenvalue weighted by Crippen LogP contribution is -2.25. The van der Waals surface area contributed by atoms with Gasteiger partial charge in [0.2, 0.25) is 5.78 Å². The van der Waals surface area contributed by atoms with Crippen molar-refractivity contribution in [2.45, 2.75) is 36.7 Å². The Kier molecular flexibility index (Phi) is 4.85. The summed E-state index contributed by atoms with van der Waals surface area (Å²) in [6, 6.07) is 2.36. The fourth-order valence-electron chi connectivity index (χ4n) is 3.36. The highest BCUT2D eigenvalue weighted by molar-refractivity contribution is 7.91. The summed E-state index contributed by atoms with van der Waals surface area (Å²) in [6.45, 7) is -3.29. The van der Waals surface area contributed by atoms with Crippen LogP contribution in [0.4, 0.5) is 8.78 Å². The molecule has 2 heterocycles. The van der Waals surface area contributed by atoms with Crippen molar-refractivity contribution in [3.8, 4) is 5.75 Å². The Morgan fingerprint density at radius 3 is 2.72 bits per heavy atom. The van der Waals surface area contributed by atoms with Crippen LogP contribution in [0.15, 0.2) is 32.9 Å². The van der Waals surface area contributed by atoms with Crippen LogP contribution in [-0.4, -0.2) is 44.5 Å². The number of benzene rings is 1. The summed E-state index contributed by atoms with van der Waals surface area (Å²) in [5.41, 5.74) is -0.172. The van der Waals surface area contributed by atoms with Crippen LogP contribution in [0.25, 0.3) is 0 Å². The lowest BCUT2D eigenvalue weighted by molar-refractivity contribution is -0.0504. The molecule has 1 fully saturated rings. The standard InChI is InChI=1S/C18H16F2N2O6S/c1-26-22-12-6-7-29(24,25)13-5-4-10(17(14(12)13)27-18(19)20)15(23)11-8-21-28-16(11)9-2-3-9/h4-5,8-9,18H,2-3,6-7H2,1H3/b22-12+. The third kappa shape index (κ3) is 3.50. The van der Waals surface area contributed by atoms with Crippen molar-refractivity contribution in [3.05, 3.63) is 40.8 Å². The van der Waals surface area contributed by atoms with E-state index in [0.717, 1.165) is 18.9 Å². The zero-order chi connectivity index (χ0) is 20.8. The molecule has 8 nitrogen and oxygen atoms in total. The maximum atomic E-state index is 13.2. The van der Waals surface area contributed by atoms with Crippen LogP contribution >= 0.6 is 0 Å². The molecule has 0 amide bonds. The molecule has 2 aliphatic rings. The van der Waals surface area contributed by atoms with E-state index in [-0.39, 0.29) is 45.4 Å². The first-order valence-electron chi connectivity index (χ1n) is 8.77. The maximum absolute atomic E-state index is 13.2. The summed E-state index contributed by atoms with van der Waals surface area (Å²) in [5, 5.41) is 7.41. The van der Waals surface area contributed by atoms with Gasteiger partial charge in [-0.1, -0.05) is 10.3 Å². The van der Waals surface area contributed by atoms with Crippen LogP contribution in [0.1, 0.15) is 52.4 Å². The summed E-state index contributed by atoms with van der Waals surface area (Å²) < 4.78 is 61.2. The summed E-state index contributed by atoms with van der Waals surface area (Å²) in [7, 11) is -2.52. The van der Waals surface area contributed by atoms with Crippen molar-refractivity contribution >= 4 is 21.3 Å². The van der Waals surface area contributed by atoms with Crippen molar-refractivity contribution in [3.63, 3.8) is 0 Å². The van der Waals surface area contributed by atoms with E-state index in [1.807, 2.05) is 0 Å². The first kappa shape index (κ1) is 19.5. The quantitative estimate of drug-likeness (QED) is 0.516. The van der Waals surface area contributed by atoms with Gasteiger partial charge in [-0.3, -0.25) is 4.79 Å². The third-order valence-electron chi connectivity index (χ3n) is 4.79. The SMILES string of the molecule is CO/N=C1\CCS(=O)(=O)c2ccc(C(=O)c3cnoc3C3CC3)c(OC(F)F)c21. The number of oxime groups is 1. The number of halogens is 2. The number of hydrogen-bond donors (Lipinski definition) is 0. The van der Waals surface area contributed by atoms with Crippen LogP contribution in [0, 0.1) is 0 Å². The van der Waals surface area contributed by atoms with Gasteiger partial charge < -0.3 is 14.1 Å². The van der Waals surface area contributed by atoms with E-state index >= 15 is 0 Å². The molecule has 0 saturated heterocycles. The van der Waals surface area contributed by atoms with Crippen LogP contribution < -0.4 is 4.74 Å². The van der Waals surface area contributed by atoms with E-state index in [0.29, 0.717) is 5.76 Å². The van der Waals surface area contributed by atoms with Crippen molar-refractivity contribution in [1.29, 1.82) is 0 Å². The van der Waals surface area contributed by atoms with Crippen LogP contribution in [0.2, 0.25) is 0 Å². The Morgan fingerprint density at radius 1 is 1.31 bits per heavy atom. The fourth-order valence-corrected chi connectivity index (χ4v) is 4.84. The van der Waals surface area contributed by atoms with E-state index in [4.69, 9.17) is 9.36 Å². The summed E-state index contributed by atoms with van der Waals surface area (Å²) in [5.74, 6) is -1.02. The van der Waals surface area contributed by atoms with Gasteiger partial charge in [0.25, 0.3) is 0 Å². The van der Waals surface area contributed by atoms with Gasteiger partial charge in [0.15, 0.2) is 15.6 Å². The number of ether oxygens (including phenoxy) is 1. The molecule has 0 atom stereocenters. The number of rotatable bonds is 6. The van der Waals surface area contributed by atoms with Crippen LogP contribution in [0.5, 0.6) is 5.75 Å². The van der Waals surface area contributed by atoms with Gasteiger partial charge in [0.1, 0.15) is 12.9 Å². The minimum Gasteiger partial charge on any atom is -0.433 e. The van der Waals surface area contributed by atoms with Gasteiger partial charge in [-0.25, -0.2) is 8.42 Å². The number of nitrogens with zero attached hydrogens (tertiary/aromatic N) is 2. The van der Waals surface area contributed by atoms with E-state index < -0.39 is 28.0 Å². The molecule has 1 aliphatic carbocycles. The molecule has 4 rings (SSSR count). The number of fused-ring (bicyclic) bond motifs is 1. The molecular weight excluding hydrogens is 410 g/mol. The number of hydrogen-bond acceptors (Lipinski definition) is 8. The number of sulfone groups is 1. The highest BCUT2D eigenvalue weighted by Gasteiger charge is 2.37. The lowest BCUT2D eigenvalue weighted by atomic mass is 9.96. The molecule has 2 aromatic rings. The average Bonchev–Trinajstić information content (AvgIpc) is 3.40. The van der Waals surface area contributed by atoms with Crippen LogP contribution in [-0.2, 0) is 14.7 Å². The normalized spacial score (nSPS) is 19.2. The lowest BCUT2D eigenvalue weighted by Gasteiger charge is -2.22. The van der Waals surface area contributed by atoms with Gasteiger partial charge in [0.05, 0.1) is 39.2 Å². The number of aromatic nitrogens is 1. The minimum absolute atomic E-state index is 0.0551. The molecule has 0 unspecified atom stereocenters. The largest absolute Gasteiger partial charge is 0.433 e. The fraction of sp³-hybridized carbons (Fsp3) is 0.389. The second kappa shape index (κ2) is 7.21. The Labute approximate surface area is 164 Å². The summed E-state index contributed by atoms with van der Waals surface area (Å²) >= 11 is 0. The van der Waals surface area contributed by atoms with Gasteiger partial charge in [-0.05, 0) is 25.0 Å². The smallest absolute Gasteiger partial charge is 0.387 e. The predicted molar refractivity (Wildman–Crippen MR) is 95.2 cm³/mol. The molecule has 0 spiro atoms. The second-order valence-corrected chi connectivity index (χ2v) is 8.77. The average molecular weight is 426 g/mol. The highest BCUT2D eigenvalue weighted by Crippen LogP contribution is 2.43. The summed E-state index contributed by atoms with van der Waals surface area (Å²) in [4.78, 5) is 17.6. The molecule has 0 bridgehead atoms. The van der Waals surface area contributed by atoms with Crippen LogP contribution in [0.3, 0.4) is 0 Å². The van der Waals surface area contributed by atoms with E-state index in [9.17, 15) is 22.0 Å². The molecule has 1 saturated carbocycles. The van der Waals surface area contributed by atoms with Gasteiger partial charge in [0, 0.05) is 12.3 Å².